The van der Waals surface area contributed by atoms with Crippen molar-refractivity contribution in [2.75, 3.05) is 5.32 Å². The summed E-state index contributed by atoms with van der Waals surface area (Å²) < 4.78 is 3.21. The highest BCUT2D eigenvalue weighted by atomic mass is 16.1. The second-order valence-corrected chi connectivity index (χ2v) is 6.41. The van der Waals surface area contributed by atoms with Crippen molar-refractivity contribution >= 4 is 17.4 Å². The molecule has 0 aliphatic heterocycles. The lowest BCUT2D eigenvalue weighted by molar-refractivity contribution is -0.115. The summed E-state index contributed by atoms with van der Waals surface area (Å²) in [6.45, 7) is 0. The maximum Gasteiger partial charge on any atom is 0.228 e. The van der Waals surface area contributed by atoms with Crippen LogP contribution < -0.4 is 5.32 Å². The maximum atomic E-state index is 12.4. The molecule has 0 unspecified atom stereocenters. The highest BCUT2D eigenvalue weighted by Crippen LogP contribution is 2.14. The van der Waals surface area contributed by atoms with E-state index in [2.05, 4.69) is 25.8 Å². The fraction of sp³-hybridized carbons (Fsp3) is 0.100. The van der Waals surface area contributed by atoms with Gasteiger partial charge in [-0.1, -0.05) is 12.1 Å². The van der Waals surface area contributed by atoms with Gasteiger partial charge in [0.2, 0.25) is 11.7 Å². The third-order valence-electron chi connectivity index (χ3n) is 4.37. The summed E-state index contributed by atoms with van der Waals surface area (Å²) >= 11 is 0. The fourth-order valence-electron chi connectivity index (χ4n) is 2.86. The Morgan fingerprint density at radius 1 is 1.03 bits per heavy atom. The van der Waals surface area contributed by atoms with E-state index in [9.17, 15) is 9.59 Å². The van der Waals surface area contributed by atoms with Crippen LogP contribution in [0.3, 0.4) is 0 Å². The normalized spacial score (nSPS) is 10.7. The van der Waals surface area contributed by atoms with Gasteiger partial charge in [0.05, 0.1) is 12.1 Å². The first-order valence-corrected chi connectivity index (χ1v) is 8.84. The summed E-state index contributed by atoms with van der Waals surface area (Å²) in [6, 6.07) is 14.1. The number of aromatic nitrogens is 6. The van der Waals surface area contributed by atoms with Crippen molar-refractivity contribution in [3.05, 3.63) is 84.2 Å². The van der Waals surface area contributed by atoms with E-state index in [1.807, 2.05) is 24.3 Å². The molecule has 0 bridgehead atoms. The summed E-state index contributed by atoms with van der Waals surface area (Å²) in [7, 11) is 1.77. The van der Waals surface area contributed by atoms with Crippen LogP contribution in [-0.2, 0) is 18.3 Å². The molecule has 9 nitrogen and oxygen atoms in total. The first-order valence-electron chi connectivity index (χ1n) is 8.84. The van der Waals surface area contributed by atoms with Crippen molar-refractivity contribution in [2.24, 2.45) is 7.05 Å². The number of anilines is 1. The van der Waals surface area contributed by atoms with E-state index in [0.717, 1.165) is 11.3 Å². The number of nitrogens with one attached hydrogen (secondary N) is 1. The number of rotatable bonds is 6. The molecule has 2 aromatic carbocycles. The fourth-order valence-corrected chi connectivity index (χ4v) is 2.86. The molecule has 9 heteroatoms. The third-order valence-corrected chi connectivity index (χ3v) is 4.37. The predicted molar refractivity (Wildman–Crippen MR) is 105 cm³/mol. The molecule has 0 saturated heterocycles. The monoisotopic (exact) mass is 387 g/mol. The Morgan fingerprint density at radius 2 is 1.79 bits per heavy atom. The largest absolute Gasteiger partial charge is 0.331 e. The Labute approximate surface area is 166 Å². The number of carbonyl (C=O) groups is 2. The van der Waals surface area contributed by atoms with E-state index >= 15 is 0 Å². The van der Waals surface area contributed by atoms with E-state index in [4.69, 9.17) is 0 Å². The van der Waals surface area contributed by atoms with Crippen LogP contribution in [0.1, 0.15) is 21.7 Å². The van der Waals surface area contributed by atoms with Crippen molar-refractivity contribution in [2.45, 2.75) is 6.42 Å². The molecule has 0 spiro atoms. The Bertz CT molecular complexity index is 1130. The lowest BCUT2D eigenvalue weighted by Gasteiger charge is -2.07. The summed E-state index contributed by atoms with van der Waals surface area (Å²) in [4.78, 5) is 28.8. The number of nitrogens with zero attached hydrogens (tertiary/aromatic N) is 6. The molecule has 29 heavy (non-hydrogen) atoms. The van der Waals surface area contributed by atoms with Crippen LogP contribution in [0.2, 0.25) is 0 Å². The first kappa shape index (κ1) is 18.2. The van der Waals surface area contributed by atoms with Crippen LogP contribution in [0, 0.1) is 0 Å². The second-order valence-electron chi connectivity index (χ2n) is 6.41. The lowest BCUT2D eigenvalue weighted by atomic mass is 10.1. The Morgan fingerprint density at radius 3 is 2.41 bits per heavy atom. The summed E-state index contributed by atoms with van der Waals surface area (Å²) in [5, 5.41) is 13.8. The minimum absolute atomic E-state index is 0.150. The van der Waals surface area contributed by atoms with E-state index in [0.29, 0.717) is 17.1 Å². The summed E-state index contributed by atoms with van der Waals surface area (Å²) in [6.07, 6.45) is 5.03. The molecule has 0 saturated carbocycles. The van der Waals surface area contributed by atoms with Crippen LogP contribution in [0.25, 0.3) is 5.69 Å². The van der Waals surface area contributed by atoms with Gasteiger partial charge in [0, 0.05) is 30.7 Å². The van der Waals surface area contributed by atoms with Crippen molar-refractivity contribution in [3.8, 4) is 5.69 Å². The molecule has 144 valence electrons. The number of imidazole rings is 1. The zero-order chi connectivity index (χ0) is 20.2. The van der Waals surface area contributed by atoms with Gasteiger partial charge in [0.25, 0.3) is 0 Å². The van der Waals surface area contributed by atoms with Gasteiger partial charge in [0.15, 0.2) is 5.82 Å². The number of amides is 1. The molecule has 4 rings (SSSR count). The number of aryl methyl sites for hydroxylation is 1. The molecule has 1 amide bonds. The van der Waals surface area contributed by atoms with Crippen LogP contribution in [-0.4, -0.2) is 41.4 Å². The van der Waals surface area contributed by atoms with Crippen LogP contribution in [0.5, 0.6) is 0 Å². The third kappa shape index (κ3) is 4.08. The highest BCUT2D eigenvalue weighted by Gasteiger charge is 2.13. The first-order chi connectivity index (χ1) is 14.1. The molecule has 0 atom stereocenters. The number of tetrazole rings is 1. The zero-order valence-electron chi connectivity index (χ0n) is 15.6. The average Bonchev–Trinajstić information content (AvgIpc) is 3.40. The van der Waals surface area contributed by atoms with Crippen molar-refractivity contribution < 1.29 is 9.59 Å². The minimum atomic E-state index is -0.168. The van der Waals surface area contributed by atoms with Crippen molar-refractivity contribution in [3.63, 3.8) is 0 Å². The molecule has 0 aliphatic rings. The second kappa shape index (κ2) is 7.85. The van der Waals surface area contributed by atoms with Gasteiger partial charge in [-0.25, -0.2) is 9.67 Å². The van der Waals surface area contributed by atoms with Crippen LogP contribution in [0.4, 0.5) is 5.69 Å². The molecule has 0 aliphatic carbocycles. The molecule has 0 fully saturated rings. The van der Waals surface area contributed by atoms with E-state index in [-0.39, 0.29) is 18.1 Å². The van der Waals surface area contributed by atoms with Crippen molar-refractivity contribution in [1.29, 1.82) is 0 Å². The molecular formula is C20H17N7O2. The average molecular weight is 387 g/mol. The summed E-state index contributed by atoms with van der Waals surface area (Å²) in [5.41, 5.74) is 2.81. The topological polar surface area (TPSA) is 108 Å². The smallest absolute Gasteiger partial charge is 0.228 e. The van der Waals surface area contributed by atoms with Crippen LogP contribution >= 0.6 is 0 Å². The quantitative estimate of drug-likeness (QED) is 0.506. The van der Waals surface area contributed by atoms with Gasteiger partial charge in [-0.3, -0.25) is 9.59 Å². The molecule has 4 aromatic rings. The van der Waals surface area contributed by atoms with E-state index in [1.165, 1.54) is 11.0 Å². The molecule has 2 aromatic heterocycles. The van der Waals surface area contributed by atoms with Gasteiger partial charge in [-0.2, -0.15) is 0 Å². The number of ketones is 1. The van der Waals surface area contributed by atoms with E-state index < -0.39 is 0 Å². The predicted octanol–water partition coefficient (Wildman–Crippen LogP) is 1.81. The Balaban J connectivity index is 1.37. The Kier molecular flexibility index (Phi) is 4.93. The van der Waals surface area contributed by atoms with Crippen LogP contribution in [0.15, 0.2) is 67.3 Å². The number of hydrogen-bond donors (Lipinski definition) is 1. The molecule has 2 heterocycles. The van der Waals surface area contributed by atoms with Gasteiger partial charge in [-0.15, -0.1) is 5.10 Å². The van der Waals surface area contributed by atoms with Gasteiger partial charge in [-0.05, 0) is 52.4 Å². The SMILES string of the molecule is Cn1ccnc1C(=O)c1ccc(NC(=O)Cc2ccc(-n3cnnn3)cc2)cc1. The number of benzene rings is 2. The van der Waals surface area contributed by atoms with Gasteiger partial charge >= 0.3 is 0 Å². The standard InChI is InChI=1S/C20H17N7O2/c1-26-11-10-21-20(26)19(29)15-4-6-16(7-5-15)23-18(28)12-14-2-8-17(9-3-14)27-13-22-24-25-27/h2-11,13H,12H2,1H3,(H,23,28). The lowest BCUT2D eigenvalue weighted by Crippen LogP contribution is -2.14. The van der Waals surface area contributed by atoms with Gasteiger partial charge < -0.3 is 9.88 Å². The molecular weight excluding hydrogens is 370 g/mol. The zero-order valence-corrected chi connectivity index (χ0v) is 15.6. The molecule has 0 radical (unpaired) electrons. The Hall–Kier alpha value is -4.14. The number of hydrogen-bond acceptors (Lipinski definition) is 6. The molecule has 1 N–H and O–H groups in total. The number of carbonyl (C=O) groups excluding carboxylic acids is 2. The van der Waals surface area contributed by atoms with E-state index in [1.54, 1.807) is 48.3 Å². The maximum absolute atomic E-state index is 12.4. The highest BCUT2D eigenvalue weighted by molar-refractivity contribution is 6.07. The summed E-state index contributed by atoms with van der Waals surface area (Å²) in [5.74, 6) is 0.0494. The van der Waals surface area contributed by atoms with Gasteiger partial charge in [0.1, 0.15) is 6.33 Å². The van der Waals surface area contributed by atoms with Crippen molar-refractivity contribution in [1.82, 2.24) is 29.8 Å². The minimum Gasteiger partial charge on any atom is -0.331 e.